The minimum Gasteiger partial charge on any atom is -0.404 e. The normalized spacial score (nSPS) is 11.9. The molecule has 4 N–H and O–H groups in total. The van der Waals surface area contributed by atoms with Gasteiger partial charge in [0.05, 0.1) is 26.9 Å². The molecule has 0 aliphatic heterocycles. The van der Waals surface area contributed by atoms with Gasteiger partial charge in [-0.05, 0) is 36.4 Å². The van der Waals surface area contributed by atoms with Gasteiger partial charge in [0.25, 0.3) is 10.0 Å². The van der Waals surface area contributed by atoms with Crippen molar-refractivity contribution in [3.63, 3.8) is 0 Å². The number of thiocarbonyl (C=S) groups is 1. The van der Waals surface area contributed by atoms with E-state index in [0.29, 0.717) is 16.8 Å². The van der Waals surface area contributed by atoms with Crippen LogP contribution < -0.4 is 15.8 Å². The number of nitrogens with two attached hydrogens (primary N) is 1. The summed E-state index contributed by atoms with van der Waals surface area (Å²) < 4.78 is 57.8. The Balaban J connectivity index is 1.76. The van der Waals surface area contributed by atoms with Crippen molar-refractivity contribution < 1.29 is 17.2 Å². The molecule has 0 atom stereocenters. The molecule has 2 aromatic heterocycles. The van der Waals surface area contributed by atoms with Gasteiger partial charge in [-0.3, -0.25) is 4.72 Å². The number of allylic oxidation sites excluding steroid dienone is 1. The quantitative estimate of drug-likeness (QED) is 0.199. The van der Waals surface area contributed by atoms with Crippen LogP contribution in [0.25, 0.3) is 16.6 Å². The van der Waals surface area contributed by atoms with E-state index in [1.807, 2.05) is 0 Å². The largest absolute Gasteiger partial charge is 0.404 e. The molecule has 2 aromatic carbocycles. The highest BCUT2D eigenvalue weighted by molar-refractivity contribution is 7.92. The lowest BCUT2D eigenvalue weighted by Crippen LogP contribution is -2.15. The Hall–Kier alpha value is -3.45. The molecule has 0 aliphatic rings. The maximum Gasteiger partial charge on any atom is 0.263 e. The molecule has 0 radical (unpaired) electrons. The Morgan fingerprint density at radius 2 is 1.86 bits per heavy atom. The molecule has 0 bridgehead atoms. The van der Waals surface area contributed by atoms with Gasteiger partial charge in [-0.2, -0.15) is 0 Å². The Morgan fingerprint density at radius 1 is 1.08 bits per heavy atom. The Labute approximate surface area is 219 Å². The maximum atomic E-state index is 15.4. The van der Waals surface area contributed by atoms with E-state index in [4.69, 9.17) is 41.2 Å². The molecular formula is C22H14Cl2F2N6O2S2. The lowest BCUT2D eigenvalue weighted by atomic mass is 10.2. The Morgan fingerprint density at radius 3 is 2.58 bits per heavy atom. The average molecular weight is 567 g/mol. The van der Waals surface area contributed by atoms with Gasteiger partial charge in [-0.1, -0.05) is 41.5 Å². The number of rotatable bonds is 7. The number of benzene rings is 2. The predicted molar refractivity (Wildman–Crippen MR) is 140 cm³/mol. The van der Waals surface area contributed by atoms with Crippen LogP contribution in [0.15, 0.2) is 59.9 Å². The second-order valence-corrected chi connectivity index (χ2v) is 9.76. The van der Waals surface area contributed by atoms with E-state index in [0.717, 1.165) is 12.1 Å². The van der Waals surface area contributed by atoms with Crippen LogP contribution in [0, 0.1) is 11.6 Å². The fourth-order valence-corrected chi connectivity index (χ4v) is 5.15. The number of anilines is 3. The van der Waals surface area contributed by atoms with Crippen molar-refractivity contribution in [3.8, 4) is 0 Å². The smallest absolute Gasteiger partial charge is 0.263 e. The molecule has 8 nitrogen and oxygen atoms in total. The van der Waals surface area contributed by atoms with Gasteiger partial charge >= 0.3 is 0 Å². The zero-order chi connectivity index (χ0) is 26.0. The summed E-state index contributed by atoms with van der Waals surface area (Å²) in [5.74, 6) is -2.29. The third-order valence-electron chi connectivity index (χ3n) is 4.87. The lowest BCUT2D eigenvalue weighted by Gasteiger charge is -2.15. The summed E-state index contributed by atoms with van der Waals surface area (Å²) in [4.78, 5) is 12.1. The number of fused-ring (bicyclic) bond motifs is 1. The van der Waals surface area contributed by atoms with Crippen molar-refractivity contribution in [2.45, 2.75) is 4.90 Å². The summed E-state index contributed by atoms with van der Waals surface area (Å²) in [5.41, 5.74) is 5.71. The molecule has 4 rings (SSSR count). The summed E-state index contributed by atoms with van der Waals surface area (Å²) in [6, 6.07) is 9.00. The Kier molecular flexibility index (Phi) is 7.31. The second-order valence-electron chi connectivity index (χ2n) is 7.09. The van der Waals surface area contributed by atoms with E-state index in [-0.39, 0.29) is 26.3 Å². The summed E-state index contributed by atoms with van der Waals surface area (Å²) in [7, 11) is -4.37. The van der Waals surface area contributed by atoms with Crippen molar-refractivity contribution in [3.05, 3.63) is 82.4 Å². The van der Waals surface area contributed by atoms with Crippen molar-refractivity contribution in [1.29, 1.82) is 0 Å². The maximum absolute atomic E-state index is 15.4. The fraction of sp³-hybridized carbons (Fsp3) is 0. The average Bonchev–Trinajstić information content (AvgIpc) is 2.86. The first-order valence-electron chi connectivity index (χ1n) is 9.87. The molecule has 184 valence electrons. The lowest BCUT2D eigenvalue weighted by molar-refractivity contribution is 0.588. The van der Waals surface area contributed by atoms with Crippen LogP contribution >= 0.6 is 35.4 Å². The van der Waals surface area contributed by atoms with Gasteiger partial charge < -0.3 is 11.1 Å². The first-order valence-corrected chi connectivity index (χ1v) is 12.6. The van der Waals surface area contributed by atoms with E-state index in [1.54, 1.807) is 12.1 Å². The zero-order valence-electron chi connectivity index (χ0n) is 17.8. The molecule has 0 spiro atoms. The highest BCUT2D eigenvalue weighted by Crippen LogP contribution is 2.34. The van der Waals surface area contributed by atoms with Gasteiger partial charge in [0.15, 0.2) is 11.6 Å². The van der Waals surface area contributed by atoms with Gasteiger partial charge in [0, 0.05) is 17.1 Å². The second kappa shape index (κ2) is 10.3. The summed E-state index contributed by atoms with van der Waals surface area (Å²) in [5, 5.41) is 3.61. The fourth-order valence-electron chi connectivity index (χ4n) is 3.13. The monoisotopic (exact) mass is 566 g/mol. The Bertz CT molecular complexity index is 1650. The predicted octanol–water partition coefficient (Wildman–Crippen LogP) is 5.45. The number of nitrogens with zero attached hydrogens (tertiary/aromatic N) is 3. The van der Waals surface area contributed by atoms with Crippen LogP contribution in [0.1, 0.15) is 5.69 Å². The number of pyridine rings is 1. The molecule has 14 heteroatoms. The van der Waals surface area contributed by atoms with Crippen molar-refractivity contribution in [2.24, 2.45) is 5.73 Å². The van der Waals surface area contributed by atoms with Crippen LogP contribution in [-0.2, 0) is 10.0 Å². The number of nitrogens with one attached hydrogen (secondary N) is 2. The topological polar surface area (TPSA) is 123 Å². The van der Waals surface area contributed by atoms with Gasteiger partial charge in [-0.25, -0.2) is 32.2 Å². The molecule has 0 fully saturated rings. The molecule has 0 amide bonds. The number of halogens is 4. The highest BCUT2D eigenvalue weighted by atomic mass is 35.5. The van der Waals surface area contributed by atoms with Gasteiger partial charge in [-0.15, -0.1) is 0 Å². The molecule has 2 heterocycles. The van der Waals surface area contributed by atoms with Crippen LogP contribution in [0.5, 0.6) is 0 Å². The standard InChI is InChI=1S/C22H14Cl2F2N6O2S2/c23-12-2-1-3-17(18(12)24)36(33,34)32-15-5-4-13(25)20(19(15)26)31-22-21-16(28-10-29-22)7-6-14(30-21)11(8-27)9-35/h1-10,32H,27H2,(H,28,29,31)/b11-8+. The first kappa shape index (κ1) is 25.6. The highest BCUT2D eigenvalue weighted by Gasteiger charge is 2.24. The first-order chi connectivity index (χ1) is 17.2. The third-order valence-corrected chi connectivity index (χ3v) is 7.46. The molecule has 0 aliphatic carbocycles. The van der Waals surface area contributed by atoms with Gasteiger partial charge in [0.2, 0.25) is 0 Å². The van der Waals surface area contributed by atoms with E-state index in [2.05, 4.69) is 25.0 Å². The van der Waals surface area contributed by atoms with E-state index in [1.165, 1.54) is 36.1 Å². The van der Waals surface area contributed by atoms with Crippen LogP contribution in [0.4, 0.5) is 26.0 Å². The number of hydrogen-bond donors (Lipinski definition) is 3. The van der Waals surface area contributed by atoms with E-state index >= 15 is 4.39 Å². The minimum absolute atomic E-state index is 0.00901. The number of sulfonamides is 1. The molecule has 36 heavy (non-hydrogen) atoms. The SMILES string of the molecule is N/C=C(\C=S)c1ccc2ncnc(Nc3c(F)ccc(NS(=O)(=O)c4cccc(Cl)c4Cl)c3F)c2n1. The third kappa shape index (κ3) is 4.93. The molecule has 0 saturated heterocycles. The van der Waals surface area contributed by atoms with Crippen molar-refractivity contribution >= 4 is 84.6 Å². The van der Waals surface area contributed by atoms with Crippen LogP contribution in [0.3, 0.4) is 0 Å². The molecular weight excluding hydrogens is 553 g/mol. The summed E-state index contributed by atoms with van der Waals surface area (Å²) in [6.45, 7) is 0. The van der Waals surface area contributed by atoms with Crippen molar-refractivity contribution in [1.82, 2.24) is 15.0 Å². The number of hydrogen-bond acceptors (Lipinski definition) is 8. The van der Waals surface area contributed by atoms with Crippen LogP contribution in [-0.4, -0.2) is 28.7 Å². The summed E-state index contributed by atoms with van der Waals surface area (Å²) >= 11 is 16.8. The minimum atomic E-state index is -4.37. The van der Waals surface area contributed by atoms with Gasteiger partial charge in [0.1, 0.15) is 28.2 Å². The zero-order valence-corrected chi connectivity index (χ0v) is 21.0. The van der Waals surface area contributed by atoms with E-state index < -0.39 is 33.0 Å². The van der Waals surface area contributed by atoms with Crippen molar-refractivity contribution in [2.75, 3.05) is 10.0 Å². The number of aromatic nitrogens is 3. The summed E-state index contributed by atoms with van der Waals surface area (Å²) in [6.07, 6.45) is 2.44. The van der Waals surface area contributed by atoms with E-state index in [9.17, 15) is 12.8 Å². The molecule has 4 aromatic rings. The molecule has 0 unspecified atom stereocenters. The molecule has 0 saturated carbocycles. The van der Waals surface area contributed by atoms with Crippen LogP contribution in [0.2, 0.25) is 10.0 Å².